The summed E-state index contributed by atoms with van der Waals surface area (Å²) in [6.45, 7) is 2.05. The molecular formula is C20H15N5. The summed E-state index contributed by atoms with van der Waals surface area (Å²) in [6.07, 6.45) is 5.34. The first-order valence-electron chi connectivity index (χ1n) is 7.90. The highest BCUT2D eigenvalue weighted by Crippen LogP contribution is 2.27. The van der Waals surface area contributed by atoms with Crippen molar-refractivity contribution in [2.75, 3.05) is 5.32 Å². The van der Waals surface area contributed by atoms with Crippen LogP contribution in [0, 0.1) is 18.3 Å². The summed E-state index contributed by atoms with van der Waals surface area (Å²) in [4.78, 5) is 8.87. The normalized spacial score (nSPS) is 10.6. The summed E-state index contributed by atoms with van der Waals surface area (Å²) in [5, 5.41) is 12.5. The van der Waals surface area contributed by atoms with Gasteiger partial charge in [-0.1, -0.05) is 30.3 Å². The van der Waals surface area contributed by atoms with Crippen LogP contribution in [0.3, 0.4) is 0 Å². The van der Waals surface area contributed by atoms with E-state index in [0.717, 1.165) is 33.8 Å². The lowest BCUT2D eigenvalue weighted by molar-refractivity contribution is 1.12. The minimum absolute atomic E-state index is 0.618. The lowest BCUT2D eigenvalue weighted by atomic mass is 10.1. The van der Waals surface area contributed by atoms with Gasteiger partial charge in [-0.3, -0.25) is 4.40 Å². The number of imidazole rings is 1. The van der Waals surface area contributed by atoms with Crippen molar-refractivity contribution in [3.63, 3.8) is 0 Å². The van der Waals surface area contributed by atoms with Crippen LogP contribution in [-0.2, 0) is 0 Å². The molecule has 0 aliphatic rings. The van der Waals surface area contributed by atoms with Gasteiger partial charge in [-0.05, 0) is 30.7 Å². The molecule has 0 saturated carbocycles. The van der Waals surface area contributed by atoms with Crippen molar-refractivity contribution < 1.29 is 0 Å². The van der Waals surface area contributed by atoms with E-state index < -0.39 is 0 Å². The van der Waals surface area contributed by atoms with Crippen LogP contribution in [0.25, 0.3) is 16.8 Å². The smallest absolute Gasteiger partial charge is 0.156 e. The Morgan fingerprint density at radius 1 is 1.08 bits per heavy atom. The molecule has 0 atom stereocenters. The molecular weight excluding hydrogens is 310 g/mol. The van der Waals surface area contributed by atoms with E-state index in [1.165, 1.54) is 0 Å². The third-order valence-electron chi connectivity index (χ3n) is 4.14. The van der Waals surface area contributed by atoms with Crippen LogP contribution in [0.15, 0.2) is 67.3 Å². The Balaban J connectivity index is 1.82. The number of nitriles is 1. The van der Waals surface area contributed by atoms with Crippen molar-refractivity contribution >= 4 is 17.0 Å². The largest absolute Gasteiger partial charge is 0.338 e. The Hall–Kier alpha value is -3.65. The molecule has 4 rings (SSSR count). The summed E-state index contributed by atoms with van der Waals surface area (Å²) in [5.41, 5.74) is 5.47. The summed E-state index contributed by atoms with van der Waals surface area (Å²) in [7, 11) is 0. The Labute approximate surface area is 145 Å². The Bertz CT molecular complexity index is 1100. The van der Waals surface area contributed by atoms with E-state index in [1.54, 1.807) is 24.8 Å². The summed E-state index contributed by atoms with van der Waals surface area (Å²) < 4.78 is 1.98. The van der Waals surface area contributed by atoms with Crippen LogP contribution in [0.5, 0.6) is 0 Å². The molecule has 5 heteroatoms. The number of para-hydroxylation sites is 1. The molecule has 0 aliphatic heterocycles. The quantitative estimate of drug-likeness (QED) is 0.609. The number of aromatic nitrogens is 3. The molecule has 0 fully saturated rings. The number of nitrogens with zero attached hydrogens (tertiary/aromatic N) is 4. The second-order valence-electron chi connectivity index (χ2n) is 5.77. The van der Waals surface area contributed by atoms with Gasteiger partial charge in [-0.15, -0.1) is 0 Å². The first kappa shape index (κ1) is 14.9. The first-order valence-corrected chi connectivity index (χ1v) is 7.90. The molecule has 0 saturated heterocycles. The van der Waals surface area contributed by atoms with Gasteiger partial charge in [-0.2, -0.15) is 5.26 Å². The Morgan fingerprint density at radius 3 is 2.80 bits per heavy atom. The number of hydrogen-bond donors (Lipinski definition) is 1. The van der Waals surface area contributed by atoms with Gasteiger partial charge in [0.25, 0.3) is 0 Å². The number of rotatable bonds is 3. The minimum Gasteiger partial charge on any atom is -0.338 e. The second kappa shape index (κ2) is 6.10. The Kier molecular flexibility index (Phi) is 3.64. The standard InChI is InChI=1S/C20H15N5/c1-14-5-2-3-8-17(14)24-20-19-11-22-13-25(19)18(12-23-20)16-7-4-6-15(9-16)10-21/h2-9,11-13H,1H3,(H,23,24). The lowest BCUT2D eigenvalue weighted by Crippen LogP contribution is -2.00. The SMILES string of the molecule is Cc1ccccc1Nc1ncc(-c2cccc(C#N)c2)n2cncc12. The third-order valence-corrected chi connectivity index (χ3v) is 4.14. The topological polar surface area (TPSA) is 66.0 Å². The number of fused-ring (bicyclic) bond motifs is 1. The molecule has 2 aromatic heterocycles. The van der Waals surface area contributed by atoms with Crippen molar-refractivity contribution in [2.45, 2.75) is 6.92 Å². The molecule has 0 amide bonds. The Morgan fingerprint density at radius 2 is 1.96 bits per heavy atom. The predicted octanol–water partition coefficient (Wildman–Crippen LogP) is 4.32. The van der Waals surface area contributed by atoms with Gasteiger partial charge in [0.15, 0.2) is 5.82 Å². The third kappa shape index (κ3) is 2.70. The number of nitrogens with one attached hydrogen (secondary N) is 1. The van der Waals surface area contributed by atoms with Crippen LogP contribution in [0.4, 0.5) is 11.5 Å². The van der Waals surface area contributed by atoms with E-state index in [1.807, 2.05) is 40.8 Å². The van der Waals surface area contributed by atoms with Crippen LogP contribution in [-0.4, -0.2) is 14.4 Å². The van der Waals surface area contributed by atoms with Crippen LogP contribution < -0.4 is 5.32 Å². The number of hydrogen-bond acceptors (Lipinski definition) is 4. The van der Waals surface area contributed by atoms with E-state index in [9.17, 15) is 0 Å². The van der Waals surface area contributed by atoms with Gasteiger partial charge < -0.3 is 5.32 Å². The zero-order valence-corrected chi connectivity index (χ0v) is 13.6. The highest BCUT2D eigenvalue weighted by atomic mass is 15.1. The monoisotopic (exact) mass is 325 g/mol. The summed E-state index contributed by atoms with van der Waals surface area (Å²) in [5.74, 6) is 0.743. The van der Waals surface area contributed by atoms with Gasteiger partial charge in [0.2, 0.25) is 0 Å². The van der Waals surface area contributed by atoms with Gasteiger partial charge in [0.1, 0.15) is 5.52 Å². The molecule has 0 bridgehead atoms. The van der Waals surface area contributed by atoms with Crippen molar-refractivity contribution in [3.8, 4) is 17.3 Å². The molecule has 2 heterocycles. The average molecular weight is 325 g/mol. The zero-order valence-electron chi connectivity index (χ0n) is 13.6. The van der Waals surface area contributed by atoms with E-state index >= 15 is 0 Å². The van der Waals surface area contributed by atoms with Gasteiger partial charge in [0.05, 0.1) is 36.0 Å². The van der Waals surface area contributed by atoms with E-state index in [-0.39, 0.29) is 0 Å². The highest BCUT2D eigenvalue weighted by Gasteiger charge is 2.11. The van der Waals surface area contributed by atoms with E-state index in [4.69, 9.17) is 5.26 Å². The summed E-state index contributed by atoms with van der Waals surface area (Å²) >= 11 is 0. The molecule has 0 aliphatic carbocycles. The predicted molar refractivity (Wildman–Crippen MR) is 97.6 cm³/mol. The molecule has 2 aromatic carbocycles. The molecule has 0 radical (unpaired) electrons. The number of anilines is 2. The molecule has 120 valence electrons. The maximum Gasteiger partial charge on any atom is 0.156 e. The fourth-order valence-electron chi connectivity index (χ4n) is 2.81. The van der Waals surface area contributed by atoms with E-state index in [2.05, 4.69) is 34.3 Å². The first-order chi connectivity index (χ1) is 12.3. The second-order valence-corrected chi connectivity index (χ2v) is 5.77. The van der Waals surface area contributed by atoms with Crippen molar-refractivity contribution in [2.24, 2.45) is 0 Å². The van der Waals surface area contributed by atoms with Crippen molar-refractivity contribution in [1.29, 1.82) is 5.26 Å². The van der Waals surface area contributed by atoms with Crippen LogP contribution in [0.2, 0.25) is 0 Å². The zero-order chi connectivity index (χ0) is 17.2. The maximum absolute atomic E-state index is 9.12. The van der Waals surface area contributed by atoms with E-state index in [0.29, 0.717) is 5.56 Å². The van der Waals surface area contributed by atoms with Crippen molar-refractivity contribution in [3.05, 3.63) is 78.4 Å². The van der Waals surface area contributed by atoms with Crippen LogP contribution >= 0.6 is 0 Å². The molecule has 0 unspecified atom stereocenters. The minimum atomic E-state index is 0.618. The molecule has 25 heavy (non-hydrogen) atoms. The number of aryl methyl sites for hydroxylation is 1. The molecule has 0 spiro atoms. The molecule has 4 aromatic rings. The fourth-order valence-corrected chi connectivity index (χ4v) is 2.81. The van der Waals surface area contributed by atoms with Crippen LogP contribution in [0.1, 0.15) is 11.1 Å². The highest BCUT2D eigenvalue weighted by molar-refractivity contribution is 5.77. The summed E-state index contributed by atoms with van der Waals surface area (Å²) in [6, 6.07) is 17.7. The van der Waals surface area contributed by atoms with Gasteiger partial charge in [-0.25, -0.2) is 9.97 Å². The maximum atomic E-state index is 9.12. The lowest BCUT2D eigenvalue weighted by Gasteiger charge is -2.12. The average Bonchev–Trinajstić information content (AvgIpc) is 3.14. The molecule has 5 nitrogen and oxygen atoms in total. The fraction of sp³-hybridized carbons (Fsp3) is 0.0500. The van der Waals surface area contributed by atoms with Gasteiger partial charge >= 0.3 is 0 Å². The number of benzene rings is 2. The van der Waals surface area contributed by atoms with Crippen molar-refractivity contribution in [1.82, 2.24) is 14.4 Å². The van der Waals surface area contributed by atoms with Gasteiger partial charge in [0, 0.05) is 11.3 Å². The molecule has 1 N–H and O–H groups in total.